The zero-order chi connectivity index (χ0) is 15.2. The predicted molar refractivity (Wildman–Crippen MR) is 85.6 cm³/mol. The average Bonchev–Trinajstić information content (AvgIpc) is 2.92. The van der Waals surface area contributed by atoms with Gasteiger partial charge < -0.3 is 0 Å². The molecule has 0 atom stereocenters. The number of hydrazine groups is 1. The fourth-order valence-electron chi connectivity index (χ4n) is 1.89. The molecule has 1 aromatic heterocycles. The Balaban J connectivity index is 1.81. The number of nitrogens with zero attached hydrogens (tertiary/aromatic N) is 1. The van der Waals surface area contributed by atoms with Crippen LogP contribution in [0.4, 0.5) is 5.69 Å². The number of nitrogens with one attached hydrogen (secondary N) is 1. The van der Waals surface area contributed by atoms with Gasteiger partial charge in [0.15, 0.2) is 5.78 Å². The first-order chi connectivity index (χ1) is 10.1. The predicted octanol–water partition coefficient (Wildman–Crippen LogP) is 3.19. The van der Waals surface area contributed by atoms with Gasteiger partial charge in [-0.1, -0.05) is 18.2 Å². The fraction of sp³-hybridized carbons (Fsp3) is 0.250. The maximum atomic E-state index is 11.9. The molecule has 0 aliphatic heterocycles. The quantitative estimate of drug-likeness (QED) is 0.658. The molecule has 1 heterocycles. The normalized spacial score (nSPS) is 10.2. The fourth-order valence-corrected chi connectivity index (χ4v) is 2.73. The molecule has 1 N–H and O–H groups in total. The van der Waals surface area contributed by atoms with Gasteiger partial charge in [0.2, 0.25) is 5.91 Å². The van der Waals surface area contributed by atoms with E-state index in [1.54, 1.807) is 12.1 Å². The van der Waals surface area contributed by atoms with Crippen molar-refractivity contribution >= 4 is 28.7 Å². The second-order valence-electron chi connectivity index (χ2n) is 4.76. The van der Waals surface area contributed by atoms with Gasteiger partial charge in [0.1, 0.15) is 0 Å². The summed E-state index contributed by atoms with van der Waals surface area (Å²) in [6.45, 7) is 1.96. The van der Waals surface area contributed by atoms with Crippen molar-refractivity contribution in [3.05, 3.63) is 52.2 Å². The molecule has 0 saturated heterocycles. The number of benzene rings is 1. The Morgan fingerprint density at radius 2 is 1.81 bits per heavy atom. The summed E-state index contributed by atoms with van der Waals surface area (Å²) in [6.07, 6.45) is 0.418. The number of aryl methyl sites for hydroxylation is 1. The van der Waals surface area contributed by atoms with Gasteiger partial charge in [-0.05, 0) is 31.2 Å². The summed E-state index contributed by atoms with van der Waals surface area (Å²) in [5, 5.41) is 1.65. The van der Waals surface area contributed by atoms with E-state index < -0.39 is 0 Å². The van der Waals surface area contributed by atoms with Crippen molar-refractivity contribution in [1.82, 2.24) is 5.43 Å². The van der Waals surface area contributed by atoms with E-state index in [9.17, 15) is 9.59 Å². The highest BCUT2D eigenvalue weighted by molar-refractivity contribution is 7.14. The van der Waals surface area contributed by atoms with Crippen molar-refractivity contribution in [1.29, 1.82) is 0 Å². The highest BCUT2D eigenvalue weighted by Crippen LogP contribution is 2.17. The first-order valence-corrected chi connectivity index (χ1v) is 7.56. The Hall–Kier alpha value is -2.14. The third-order valence-corrected chi connectivity index (χ3v) is 4.07. The first-order valence-electron chi connectivity index (χ1n) is 6.74. The standard InChI is InChI=1S/C16H18N2O2S/c1-12-8-10-15(21-12)14(19)9-11-16(20)17-18(2)13-6-4-3-5-7-13/h3-8,10H,9,11H2,1-2H3,(H,17,20). The number of hydrogen-bond donors (Lipinski definition) is 1. The smallest absolute Gasteiger partial charge is 0.238 e. The minimum absolute atomic E-state index is 0.0191. The van der Waals surface area contributed by atoms with E-state index in [0.717, 1.165) is 15.4 Å². The average molecular weight is 302 g/mol. The van der Waals surface area contributed by atoms with Crippen LogP contribution in [-0.4, -0.2) is 18.7 Å². The molecule has 1 amide bonds. The van der Waals surface area contributed by atoms with Crippen molar-refractivity contribution in [2.24, 2.45) is 0 Å². The Morgan fingerprint density at radius 1 is 1.10 bits per heavy atom. The molecule has 0 bridgehead atoms. The number of para-hydroxylation sites is 1. The van der Waals surface area contributed by atoms with Gasteiger partial charge in [-0.3, -0.25) is 20.0 Å². The number of carbonyl (C=O) groups is 2. The van der Waals surface area contributed by atoms with Crippen LogP contribution in [0.2, 0.25) is 0 Å². The molecule has 4 nitrogen and oxygen atoms in total. The third-order valence-electron chi connectivity index (χ3n) is 3.03. The van der Waals surface area contributed by atoms with E-state index in [-0.39, 0.29) is 24.5 Å². The number of anilines is 1. The number of ketones is 1. The molecule has 0 unspecified atom stereocenters. The van der Waals surface area contributed by atoms with Crippen LogP contribution in [0, 0.1) is 6.92 Å². The maximum absolute atomic E-state index is 11.9. The molecule has 0 fully saturated rings. The highest BCUT2D eigenvalue weighted by Gasteiger charge is 2.12. The molecule has 1 aromatic carbocycles. The lowest BCUT2D eigenvalue weighted by Gasteiger charge is -2.20. The zero-order valence-corrected chi connectivity index (χ0v) is 12.9. The summed E-state index contributed by atoms with van der Waals surface area (Å²) in [5.41, 5.74) is 3.65. The first kappa shape index (κ1) is 15.3. The van der Waals surface area contributed by atoms with E-state index >= 15 is 0 Å². The number of rotatable bonds is 6. The van der Waals surface area contributed by atoms with Crippen LogP contribution in [-0.2, 0) is 4.79 Å². The maximum Gasteiger partial charge on any atom is 0.238 e. The van der Waals surface area contributed by atoms with Crippen LogP contribution in [0.15, 0.2) is 42.5 Å². The van der Waals surface area contributed by atoms with E-state index in [1.807, 2.05) is 49.4 Å². The van der Waals surface area contributed by atoms with Gasteiger partial charge in [-0.25, -0.2) is 0 Å². The molecule has 0 aliphatic carbocycles. The molecule has 2 rings (SSSR count). The molecule has 110 valence electrons. The monoisotopic (exact) mass is 302 g/mol. The topological polar surface area (TPSA) is 49.4 Å². The molecule has 21 heavy (non-hydrogen) atoms. The molecule has 2 aromatic rings. The zero-order valence-electron chi connectivity index (χ0n) is 12.1. The van der Waals surface area contributed by atoms with Crippen molar-refractivity contribution < 1.29 is 9.59 Å². The highest BCUT2D eigenvalue weighted by atomic mass is 32.1. The van der Waals surface area contributed by atoms with Gasteiger partial charge >= 0.3 is 0 Å². The summed E-state index contributed by atoms with van der Waals surface area (Å²) in [6, 6.07) is 13.3. The second kappa shape index (κ2) is 7.04. The van der Waals surface area contributed by atoms with Crippen LogP contribution >= 0.6 is 11.3 Å². The van der Waals surface area contributed by atoms with Crippen molar-refractivity contribution in [2.45, 2.75) is 19.8 Å². The lowest BCUT2D eigenvalue weighted by Crippen LogP contribution is -2.39. The lowest BCUT2D eigenvalue weighted by molar-refractivity contribution is -0.121. The molecular weight excluding hydrogens is 284 g/mol. The second-order valence-corrected chi connectivity index (χ2v) is 6.05. The number of amides is 1. The van der Waals surface area contributed by atoms with Gasteiger partial charge in [0.25, 0.3) is 0 Å². The Morgan fingerprint density at radius 3 is 2.43 bits per heavy atom. The van der Waals surface area contributed by atoms with Crippen LogP contribution in [0.1, 0.15) is 27.4 Å². The van der Waals surface area contributed by atoms with Crippen LogP contribution in [0.25, 0.3) is 0 Å². The van der Waals surface area contributed by atoms with Gasteiger partial charge in [-0.2, -0.15) is 0 Å². The Labute approximate surface area is 128 Å². The molecule has 5 heteroatoms. The Kier molecular flexibility index (Phi) is 5.11. The Bertz CT molecular complexity index is 622. The van der Waals surface area contributed by atoms with E-state index in [1.165, 1.54) is 11.3 Å². The molecule has 0 radical (unpaired) electrons. The summed E-state index contributed by atoms with van der Waals surface area (Å²) in [4.78, 5) is 25.6. The summed E-state index contributed by atoms with van der Waals surface area (Å²) in [7, 11) is 1.78. The number of thiophene rings is 1. The minimum atomic E-state index is -0.164. The van der Waals surface area contributed by atoms with Crippen molar-refractivity contribution in [2.75, 3.05) is 12.1 Å². The van der Waals surface area contributed by atoms with Crippen LogP contribution < -0.4 is 10.4 Å². The lowest BCUT2D eigenvalue weighted by atomic mass is 10.2. The van der Waals surface area contributed by atoms with Crippen molar-refractivity contribution in [3.63, 3.8) is 0 Å². The van der Waals surface area contributed by atoms with Crippen LogP contribution in [0.3, 0.4) is 0 Å². The molecule has 0 spiro atoms. The van der Waals surface area contributed by atoms with Crippen LogP contribution in [0.5, 0.6) is 0 Å². The number of carbonyl (C=O) groups excluding carboxylic acids is 2. The van der Waals surface area contributed by atoms with E-state index in [2.05, 4.69) is 5.43 Å². The van der Waals surface area contributed by atoms with Gasteiger partial charge in [-0.15, -0.1) is 11.3 Å². The SMILES string of the molecule is Cc1ccc(C(=O)CCC(=O)NN(C)c2ccccc2)s1. The molecule has 0 saturated carbocycles. The van der Waals surface area contributed by atoms with E-state index in [4.69, 9.17) is 0 Å². The third kappa shape index (κ3) is 4.43. The van der Waals surface area contributed by atoms with Gasteiger partial charge in [0, 0.05) is 24.8 Å². The number of hydrogen-bond acceptors (Lipinski definition) is 4. The number of Topliss-reactive ketones (excluding diaryl/α,β-unsaturated/α-hetero) is 1. The molecular formula is C16H18N2O2S. The summed E-state index contributed by atoms with van der Waals surface area (Å²) >= 11 is 1.47. The summed E-state index contributed by atoms with van der Waals surface area (Å²) < 4.78 is 0. The minimum Gasteiger partial charge on any atom is -0.293 e. The van der Waals surface area contributed by atoms with Crippen molar-refractivity contribution in [3.8, 4) is 0 Å². The van der Waals surface area contributed by atoms with Gasteiger partial charge in [0.05, 0.1) is 10.6 Å². The largest absolute Gasteiger partial charge is 0.293 e. The summed E-state index contributed by atoms with van der Waals surface area (Å²) in [5.74, 6) is -0.145. The van der Waals surface area contributed by atoms with E-state index in [0.29, 0.717) is 0 Å². The molecule has 0 aliphatic rings.